The zero-order valence-electron chi connectivity index (χ0n) is 8.12. The monoisotopic (exact) mass is 187 g/mol. The first-order valence-electron chi connectivity index (χ1n) is 4.34. The fourth-order valence-electron chi connectivity index (χ4n) is 0.723. The van der Waals surface area contributed by atoms with Crippen LogP contribution in [0.1, 0.15) is 20.3 Å². The van der Waals surface area contributed by atoms with Crippen LogP contribution in [0, 0.1) is 0 Å². The summed E-state index contributed by atoms with van der Waals surface area (Å²) in [6.45, 7) is 7.37. The number of esters is 1. The van der Waals surface area contributed by atoms with Crippen LogP contribution in [0.15, 0.2) is 12.7 Å². The van der Waals surface area contributed by atoms with Crippen LogP contribution >= 0.6 is 0 Å². The van der Waals surface area contributed by atoms with Gasteiger partial charge >= 0.3 is 5.97 Å². The lowest BCUT2D eigenvalue weighted by molar-refractivity contribution is -0.159. The van der Waals surface area contributed by atoms with Crippen molar-refractivity contribution in [3.63, 3.8) is 0 Å². The Hall–Kier alpha value is -0.870. The van der Waals surface area contributed by atoms with Crippen molar-refractivity contribution in [2.45, 2.75) is 32.6 Å². The van der Waals surface area contributed by atoms with Crippen LogP contribution in [0.2, 0.25) is 0 Å². The maximum Gasteiger partial charge on any atom is 0.336 e. The highest BCUT2D eigenvalue weighted by Crippen LogP contribution is 1.96. The average Bonchev–Trinajstić information content (AvgIpc) is 2.11. The summed E-state index contributed by atoms with van der Waals surface area (Å²) in [7, 11) is 0. The van der Waals surface area contributed by atoms with Crippen LogP contribution in [0.4, 0.5) is 0 Å². The molecule has 0 aliphatic heterocycles. The van der Waals surface area contributed by atoms with E-state index in [0.717, 1.165) is 0 Å². The number of carbonyl (C=O) groups excluding carboxylic acids is 1. The van der Waals surface area contributed by atoms with E-state index in [0.29, 0.717) is 13.0 Å². The molecular weight excluding hydrogens is 170 g/mol. The summed E-state index contributed by atoms with van der Waals surface area (Å²) in [6.07, 6.45) is 0.922. The Morgan fingerprint density at radius 1 is 1.77 bits per heavy atom. The molecule has 0 aromatic carbocycles. The second-order valence-electron chi connectivity index (χ2n) is 2.71. The van der Waals surface area contributed by atoms with E-state index in [-0.39, 0.29) is 6.23 Å². The number of hydrogen-bond acceptors (Lipinski definition) is 4. The maximum atomic E-state index is 10.9. The van der Waals surface area contributed by atoms with Crippen LogP contribution in [0.3, 0.4) is 0 Å². The summed E-state index contributed by atoms with van der Waals surface area (Å²) in [5.74, 6) is -0.608. The second kappa shape index (κ2) is 6.62. The Kier molecular flexibility index (Phi) is 6.18. The Bertz CT molecular complexity index is 168. The van der Waals surface area contributed by atoms with Gasteiger partial charge in [0, 0.05) is 6.54 Å². The van der Waals surface area contributed by atoms with Crippen LogP contribution in [-0.4, -0.2) is 30.0 Å². The van der Waals surface area contributed by atoms with Crippen molar-refractivity contribution < 1.29 is 14.6 Å². The van der Waals surface area contributed by atoms with Gasteiger partial charge in [-0.3, -0.25) is 5.32 Å². The van der Waals surface area contributed by atoms with E-state index in [4.69, 9.17) is 9.84 Å². The average molecular weight is 187 g/mol. The Balaban J connectivity index is 3.82. The van der Waals surface area contributed by atoms with Crippen molar-refractivity contribution in [2.75, 3.05) is 6.54 Å². The van der Waals surface area contributed by atoms with Gasteiger partial charge in [0.15, 0.2) is 6.23 Å². The van der Waals surface area contributed by atoms with E-state index in [1.165, 1.54) is 6.92 Å². The number of carbonyl (C=O) groups is 1. The van der Waals surface area contributed by atoms with E-state index >= 15 is 0 Å². The minimum atomic E-state index is -1.07. The molecule has 0 radical (unpaired) electrons. The molecule has 0 aromatic rings. The fraction of sp³-hybridized carbons (Fsp3) is 0.667. The third-order valence-corrected chi connectivity index (χ3v) is 1.46. The molecular formula is C9H17NO3. The molecule has 0 aliphatic carbocycles. The molecule has 0 fully saturated rings. The second-order valence-corrected chi connectivity index (χ2v) is 2.71. The van der Waals surface area contributed by atoms with Crippen molar-refractivity contribution in [2.24, 2.45) is 0 Å². The minimum Gasteiger partial charge on any atom is -0.445 e. The largest absolute Gasteiger partial charge is 0.445 e. The van der Waals surface area contributed by atoms with Gasteiger partial charge in [-0.2, -0.15) is 0 Å². The van der Waals surface area contributed by atoms with E-state index in [1.54, 1.807) is 6.08 Å². The van der Waals surface area contributed by atoms with Crippen molar-refractivity contribution in [1.82, 2.24) is 5.32 Å². The minimum absolute atomic E-state index is 0.347. The number of aliphatic hydroxyl groups excluding tert-OH is 1. The molecule has 0 amide bonds. The Morgan fingerprint density at radius 3 is 2.77 bits per heavy atom. The van der Waals surface area contributed by atoms with Gasteiger partial charge in [0.05, 0.1) is 0 Å². The summed E-state index contributed by atoms with van der Waals surface area (Å²) in [5, 5.41) is 11.8. The number of hydrogen-bond donors (Lipinski definition) is 2. The molecule has 0 aliphatic rings. The number of rotatable bonds is 6. The first-order chi connectivity index (χ1) is 6.11. The highest BCUT2D eigenvalue weighted by atomic mass is 16.6. The molecule has 2 unspecified atom stereocenters. The first kappa shape index (κ1) is 12.1. The predicted molar refractivity (Wildman–Crippen MR) is 50.1 cm³/mol. The van der Waals surface area contributed by atoms with Gasteiger partial charge in [-0.25, -0.2) is 4.79 Å². The van der Waals surface area contributed by atoms with Gasteiger partial charge in [0.25, 0.3) is 0 Å². The van der Waals surface area contributed by atoms with Crippen molar-refractivity contribution in [3.8, 4) is 0 Å². The summed E-state index contributed by atoms with van der Waals surface area (Å²) in [4.78, 5) is 10.9. The summed E-state index contributed by atoms with van der Waals surface area (Å²) in [5.41, 5.74) is 0. The summed E-state index contributed by atoms with van der Waals surface area (Å²) < 4.78 is 4.92. The highest BCUT2D eigenvalue weighted by Gasteiger charge is 2.15. The van der Waals surface area contributed by atoms with Gasteiger partial charge in [0.1, 0.15) is 6.10 Å². The molecule has 2 atom stereocenters. The molecule has 4 nitrogen and oxygen atoms in total. The van der Waals surface area contributed by atoms with Crippen LogP contribution in [-0.2, 0) is 9.53 Å². The van der Waals surface area contributed by atoms with E-state index in [1.807, 2.05) is 6.92 Å². The van der Waals surface area contributed by atoms with E-state index in [2.05, 4.69) is 11.9 Å². The summed E-state index contributed by atoms with van der Waals surface area (Å²) in [6, 6.07) is 0. The smallest absolute Gasteiger partial charge is 0.336 e. The van der Waals surface area contributed by atoms with Crippen molar-refractivity contribution in [3.05, 3.63) is 12.7 Å². The molecule has 0 heterocycles. The van der Waals surface area contributed by atoms with E-state index in [9.17, 15) is 4.79 Å². The molecule has 0 bridgehead atoms. The van der Waals surface area contributed by atoms with Crippen LogP contribution in [0.25, 0.3) is 0 Å². The van der Waals surface area contributed by atoms with Gasteiger partial charge in [0.2, 0.25) is 0 Å². The number of nitrogens with one attached hydrogen (secondary N) is 1. The third-order valence-electron chi connectivity index (χ3n) is 1.46. The van der Waals surface area contributed by atoms with Gasteiger partial charge < -0.3 is 9.84 Å². The fourth-order valence-corrected chi connectivity index (χ4v) is 0.723. The molecule has 0 saturated carbocycles. The van der Waals surface area contributed by atoms with Gasteiger partial charge in [-0.1, -0.05) is 13.0 Å². The zero-order chi connectivity index (χ0) is 10.3. The van der Waals surface area contributed by atoms with Gasteiger partial charge in [-0.05, 0) is 13.3 Å². The lowest BCUT2D eigenvalue weighted by Crippen LogP contribution is -2.36. The molecule has 2 N–H and O–H groups in total. The quantitative estimate of drug-likeness (QED) is 0.359. The first-order valence-corrected chi connectivity index (χ1v) is 4.34. The van der Waals surface area contributed by atoms with Crippen molar-refractivity contribution in [1.29, 1.82) is 0 Å². The standard InChI is InChI=1S/C9H17NO3/c1-4-6-10-8(5-2)13-9(12)7(3)11/h4,7-8,10-11H,1,5-6H2,2-3H3. The molecule has 76 valence electrons. The highest BCUT2D eigenvalue weighted by molar-refractivity contribution is 5.73. The van der Waals surface area contributed by atoms with E-state index < -0.39 is 12.1 Å². The molecule has 4 heteroatoms. The Morgan fingerprint density at radius 2 is 2.38 bits per heavy atom. The van der Waals surface area contributed by atoms with Crippen LogP contribution < -0.4 is 5.32 Å². The molecule has 13 heavy (non-hydrogen) atoms. The maximum absolute atomic E-state index is 10.9. The van der Waals surface area contributed by atoms with Crippen molar-refractivity contribution >= 4 is 5.97 Å². The van der Waals surface area contributed by atoms with Gasteiger partial charge in [-0.15, -0.1) is 6.58 Å². The number of aliphatic hydroxyl groups is 1. The predicted octanol–water partition coefficient (Wildman–Crippen LogP) is 0.422. The zero-order valence-corrected chi connectivity index (χ0v) is 8.12. The Labute approximate surface area is 78.6 Å². The molecule has 0 saturated heterocycles. The molecule has 0 rings (SSSR count). The lowest BCUT2D eigenvalue weighted by Gasteiger charge is -2.17. The lowest BCUT2D eigenvalue weighted by atomic mass is 10.4. The van der Waals surface area contributed by atoms with Crippen LogP contribution in [0.5, 0.6) is 0 Å². The molecule has 0 spiro atoms. The topological polar surface area (TPSA) is 58.6 Å². The summed E-state index contributed by atoms with van der Waals surface area (Å²) >= 11 is 0. The molecule has 0 aromatic heterocycles. The SMILES string of the molecule is C=CCNC(CC)OC(=O)C(C)O. The number of ether oxygens (including phenoxy) is 1. The normalized spacial score (nSPS) is 14.7. The third kappa shape index (κ3) is 5.38.